The first-order valence-corrected chi connectivity index (χ1v) is 10.00. The fourth-order valence-corrected chi connectivity index (χ4v) is 3.66. The summed E-state index contributed by atoms with van der Waals surface area (Å²) in [4.78, 5) is 22.5. The number of methoxy groups -OCH3 is 2. The highest BCUT2D eigenvalue weighted by Gasteiger charge is 2.22. The van der Waals surface area contributed by atoms with Crippen molar-refractivity contribution >= 4 is 22.9 Å². The Bertz CT molecular complexity index is 1120. The second kappa shape index (κ2) is 8.97. The lowest BCUT2D eigenvalue weighted by Crippen LogP contribution is -2.47. The van der Waals surface area contributed by atoms with Crippen LogP contribution in [0.1, 0.15) is 6.42 Å². The third kappa shape index (κ3) is 4.27. The van der Waals surface area contributed by atoms with Gasteiger partial charge in [-0.25, -0.2) is 9.97 Å². The van der Waals surface area contributed by atoms with Crippen molar-refractivity contribution in [2.75, 3.05) is 57.6 Å². The predicted octanol–water partition coefficient (Wildman–Crippen LogP) is 1.72. The largest absolute Gasteiger partial charge is 0.493 e. The topological polar surface area (TPSA) is 126 Å². The number of hydrogen-bond acceptors (Lipinski definition) is 10. The van der Waals surface area contributed by atoms with E-state index in [2.05, 4.69) is 30.8 Å². The highest BCUT2D eigenvalue weighted by molar-refractivity contribution is 5.86. The second-order valence-electron chi connectivity index (χ2n) is 7.14. The molecule has 1 saturated heterocycles. The molecular weight excluding hydrogens is 396 g/mol. The van der Waals surface area contributed by atoms with Crippen LogP contribution in [0.25, 0.3) is 22.4 Å². The van der Waals surface area contributed by atoms with E-state index in [0.717, 1.165) is 38.3 Å². The average Bonchev–Trinajstić information content (AvgIpc) is 2.81. The van der Waals surface area contributed by atoms with Crippen LogP contribution in [0, 0.1) is 11.3 Å². The number of ether oxygens (including phenoxy) is 2. The summed E-state index contributed by atoms with van der Waals surface area (Å²) in [5.41, 5.74) is 8.53. The van der Waals surface area contributed by atoms with E-state index in [1.165, 1.54) is 0 Å². The standard InChI is InChI=1S/C21H24N8O2/c1-30-16-5-4-14(12-17(16)31-2)15-13-24-19-18(25-15)20(27-21(23)26-19)29-10-8-28(9-11-29)7-3-6-22/h4-5,12-13H,3,7-11H2,1-2H3,(H2,23,24,26,27). The zero-order chi connectivity index (χ0) is 21.8. The van der Waals surface area contributed by atoms with Crippen LogP contribution in [-0.4, -0.2) is 71.8 Å². The minimum absolute atomic E-state index is 0.169. The van der Waals surface area contributed by atoms with Crippen LogP contribution in [0.4, 0.5) is 11.8 Å². The fourth-order valence-electron chi connectivity index (χ4n) is 3.66. The van der Waals surface area contributed by atoms with Crippen molar-refractivity contribution in [2.24, 2.45) is 0 Å². The summed E-state index contributed by atoms with van der Waals surface area (Å²) in [5.74, 6) is 2.11. The van der Waals surface area contributed by atoms with E-state index in [0.29, 0.717) is 40.6 Å². The van der Waals surface area contributed by atoms with Crippen molar-refractivity contribution in [3.05, 3.63) is 24.4 Å². The van der Waals surface area contributed by atoms with Crippen LogP contribution in [0.15, 0.2) is 24.4 Å². The predicted molar refractivity (Wildman–Crippen MR) is 117 cm³/mol. The van der Waals surface area contributed by atoms with Crippen molar-refractivity contribution in [1.29, 1.82) is 5.26 Å². The number of nitrogen functional groups attached to an aromatic ring is 1. The van der Waals surface area contributed by atoms with Gasteiger partial charge in [0.05, 0.1) is 32.2 Å². The molecule has 2 aromatic heterocycles. The quantitative estimate of drug-likeness (QED) is 0.630. The van der Waals surface area contributed by atoms with Crippen LogP contribution >= 0.6 is 0 Å². The zero-order valence-electron chi connectivity index (χ0n) is 17.6. The van der Waals surface area contributed by atoms with Crippen molar-refractivity contribution in [2.45, 2.75) is 6.42 Å². The molecule has 0 radical (unpaired) electrons. The molecule has 1 aromatic carbocycles. The van der Waals surface area contributed by atoms with Gasteiger partial charge in [0.15, 0.2) is 28.5 Å². The molecular formula is C21H24N8O2. The summed E-state index contributed by atoms with van der Waals surface area (Å²) in [6.07, 6.45) is 2.20. The number of nitrogens with zero attached hydrogens (tertiary/aromatic N) is 7. The molecule has 4 rings (SSSR count). The Morgan fingerprint density at radius 3 is 2.55 bits per heavy atom. The monoisotopic (exact) mass is 420 g/mol. The number of rotatable bonds is 6. The van der Waals surface area contributed by atoms with E-state index in [1.54, 1.807) is 20.4 Å². The molecule has 10 nitrogen and oxygen atoms in total. The van der Waals surface area contributed by atoms with Gasteiger partial charge in [-0.2, -0.15) is 15.2 Å². The van der Waals surface area contributed by atoms with Gasteiger partial charge in [-0.05, 0) is 18.2 Å². The normalized spacial score (nSPS) is 14.4. The van der Waals surface area contributed by atoms with Crippen molar-refractivity contribution in [1.82, 2.24) is 24.8 Å². The number of nitriles is 1. The molecule has 0 unspecified atom stereocenters. The Morgan fingerprint density at radius 1 is 1.06 bits per heavy atom. The average molecular weight is 420 g/mol. The summed E-state index contributed by atoms with van der Waals surface area (Å²) in [5, 5.41) is 8.81. The Balaban J connectivity index is 1.68. The number of nitrogens with two attached hydrogens (primary N) is 1. The molecule has 0 spiro atoms. The van der Waals surface area contributed by atoms with Crippen LogP contribution in [0.5, 0.6) is 11.5 Å². The molecule has 0 saturated carbocycles. The van der Waals surface area contributed by atoms with Crippen molar-refractivity contribution < 1.29 is 9.47 Å². The number of benzene rings is 1. The highest BCUT2D eigenvalue weighted by Crippen LogP contribution is 2.32. The zero-order valence-corrected chi connectivity index (χ0v) is 17.6. The summed E-state index contributed by atoms with van der Waals surface area (Å²) in [6.45, 7) is 3.99. The van der Waals surface area contributed by atoms with E-state index in [4.69, 9.17) is 25.5 Å². The van der Waals surface area contributed by atoms with Gasteiger partial charge in [0.2, 0.25) is 5.95 Å². The number of fused-ring (bicyclic) bond motifs is 1. The van der Waals surface area contributed by atoms with Gasteiger partial charge >= 0.3 is 0 Å². The van der Waals surface area contributed by atoms with Crippen molar-refractivity contribution in [3.8, 4) is 28.8 Å². The number of hydrogen-bond donors (Lipinski definition) is 1. The molecule has 1 aliphatic rings. The SMILES string of the molecule is COc1ccc(-c2cnc3nc(N)nc(N4CCN(CCC#N)CC4)c3n2)cc1OC. The summed E-state index contributed by atoms with van der Waals surface area (Å²) < 4.78 is 10.7. The Kier molecular flexibility index (Phi) is 5.95. The minimum atomic E-state index is 0.169. The molecule has 2 N–H and O–H groups in total. The maximum atomic E-state index is 8.81. The van der Waals surface area contributed by atoms with E-state index >= 15 is 0 Å². The maximum absolute atomic E-state index is 8.81. The fraction of sp³-hybridized carbons (Fsp3) is 0.381. The third-order valence-corrected chi connectivity index (χ3v) is 5.30. The lowest BCUT2D eigenvalue weighted by atomic mass is 10.1. The van der Waals surface area contributed by atoms with Crippen LogP contribution in [-0.2, 0) is 0 Å². The third-order valence-electron chi connectivity index (χ3n) is 5.30. The van der Waals surface area contributed by atoms with Gasteiger partial charge in [-0.15, -0.1) is 0 Å². The van der Waals surface area contributed by atoms with Gasteiger partial charge in [-0.3, -0.25) is 4.90 Å². The Hall–Kier alpha value is -3.71. The molecule has 0 amide bonds. The van der Waals surface area contributed by atoms with E-state index < -0.39 is 0 Å². The second-order valence-corrected chi connectivity index (χ2v) is 7.14. The van der Waals surface area contributed by atoms with Crippen molar-refractivity contribution in [3.63, 3.8) is 0 Å². The lowest BCUT2D eigenvalue weighted by molar-refractivity contribution is 0.263. The summed E-state index contributed by atoms with van der Waals surface area (Å²) in [6, 6.07) is 7.80. The Morgan fingerprint density at radius 2 is 1.84 bits per heavy atom. The molecule has 1 fully saturated rings. The molecule has 3 heterocycles. The summed E-state index contributed by atoms with van der Waals surface area (Å²) in [7, 11) is 3.19. The summed E-state index contributed by atoms with van der Waals surface area (Å²) >= 11 is 0. The van der Waals surface area contributed by atoms with E-state index in [1.807, 2.05) is 18.2 Å². The minimum Gasteiger partial charge on any atom is -0.493 e. The lowest BCUT2D eigenvalue weighted by Gasteiger charge is -2.35. The van der Waals surface area contributed by atoms with Crippen LogP contribution in [0.2, 0.25) is 0 Å². The number of anilines is 2. The number of piperazine rings is 1. The molecule has 160 valence electrons. The molecule has 0 bridgehead atoms. The molecule has 3 aromatic rings. The van der Waals surface area contributed by atoms with Gasteiger partial charge < -0.3 is 20.1 Å². The van der Waals surface area contributed by atoms with Gasteiger partial charge in [-0.1, -0.05) is 0 Å². The molecule has 1 aliphatic heterocycles. The molecule has 0 aliphatic carbocycles. The first-order valence-electron chi connectivity index (χ1n) is 10.00. The first-order chi connectivity index (χ1) is 15.1. The maximum Gasteiger partial charge on any atom is 0.224 e. The van der Waals surface area contributed by atoms with Gasteiger partial charge in [0.1, 0.15) is 0 Å². The van der Waals surface area contributed by atoms with Crippen LogP contribution in [0.3, 0.4) is 0 Å². The highest BCUT2D eigenvalue weighted by atomic mass is 16.5. The smallest absolute Gasteiger partial charge is 0.224 e. The van der Waals surface area contributed by atoms with Gasteiger partial charge in [0.25, 0.3) is 0 Å². The molecule has 10 heteroatoms. The number of aromatic nitrogens is 4. The van der Waals surface area contributed by atoms with Crippen LogP contribution < -0.4 is 20.1 Å². The first kappa shape index (κ1) is 20.6. The van der Waals surface area contributed by atoms with E-state index in [9.17, 15) is 0 Å². The Labute approximate surface area is 180 Å². The molecule has 0 atom stereocenters. The molecule has 31 heavy (non-hydrogen) atoms. The van der Waals surface area contributed by atoms with E-state index in [-0.39, 0.29) is 5.95 Å². The van der Waals surface area contributed by atoms with Gasteiger partial charge in [0, 0.05) is 44.7 Å².